The number of nitrogens with one attached hydrogen (secondary N) is 1. The van der Waals surface area contributed by atoms with E-state index in [4.69, 9.17) is 16.2 Å². The third kappa shape index (κ3) is 5.22. The number of amidine groups is 1. The molecule has 0 saturated heterocycles. The maximum Gasteiger partial charge on any atom is 0.435 e. The van der Waals surface area contributed by atoms with Gasteiger partial charge >= 0.3 is 6.09 Å². The van der Waals surface area contributed by atoms with Crippen molar-refractivity contribution >= 4 is 23.5 Å². The van der Waals surface area contributed by atoms with Gasteiger partial charge in [0.05, 0.1) is 6.54 Å². The minimum atomic E-state index is -0.767. The fourth-order valence-electron chi connectivity index (χ4n) is 1.85. The van der Waals surface area contributed by atoms with E-state index in [0.717, 1.165) is 5.56 Å². The molecule has 5 N–H and O–H groups in total. The molecule has 0 spiro atoms. The molecule has 2 rings (SSSR count). The van der Waals surface area contributed by atoms with Crippen molar-refractivity contribution < 1.29 is 14.3 Å². The van der Waals surface area contributed by atoms with E-state index >= 15 is 0 Å². The van der Waals surface area contributed by atoms with Crippen molar-refractivity contribution in [3.8, 4) is 0 Å². The van der Waals surface area contributed by atoms with Gasteiger partial charge in [0.1, 0.15) is 12.4 Å². The average molecular weight is 326 g/mol. The lowest BCUT2D eigenvalue weighted by molar-refractivity contribution is -0.114. The summed E-state index contributed by atoms with van der Waals surface area (Å²) in [5.41, 5.74) is 13.0. The molecule has 2 aromatic carbocycles. The summed E-state index contributed by atoms with van der Waals surface area (Å²) in [7, 11) is 0. The first kappa shape index (κ1) is 17.2. The summed E-state index contributed by atoms with van der Waals surface area (Å²) in [6.07, 6.45) is -0.767. The normalized spacial score (nSPS) is 11.0. The lowest BCUT2D eigenvalue weighted by atomic mass is 10.2. The Morgan fingerprint density at radius 3 is 2.33 bits per heavy atom. The van der Waals surface area contributed by atoms with E-state index in [1.54, 1.807) is 24.3 Å². The minimum Gasteiger partial charge on any atom is -0.443 e. The van der Waals surface area contributed by atoms with Gasteiger partial charge in [-0.05, 0) is 29.8 Å². The Labute approximate surface area is 139 Å². The highest BCUT2D eigenvalue weighted by Crippen LogP contribution is 2.09. The number of benzene rings is 2. The van der Waals surface area contributed by atoms with Crippen LogP contribution in [0.3, 0.4) is 0 Å². The molecule has 2 amide bonds. The minimum absolute atomic E-state index is 0.0322. The van der Waals surface area contributed by atoms with Gasteiger partial charge in [0, 0.05) is 11.3 Å². The van der Waals surface area contributed by atoms with Gasteiger partial charge in [0.15, 0.2) is 0 Å². The monoisotopic (exact) mass is 326 g/mol. The zero-order valence-electron chi connectivity index (χ0n) is 12.9. The maximum absolute atomic E-state index is 11.7. The second-order valence-electron chi connectivity index (χ2n) is 4.87. The van der Waals surface area contributed by atoms with Gasteiger partial charge in [-0.25, -0.2) is 4.79 Å². The van der Waals surface area contributed by atoms with Crippen molar-refractivity contribution in [1.82, 2.24) is 0 Å². The molecule has 7 nitrogen and oxygen atoms in total. The number of anilines is 1. The van der Waals surface area contributed by atoms with Crippen LogP contribution in [0.25, 0.3) is 0 Å². The van der Waals surface area contributed by atoms with Gasteiger partial charge < -0.3 is 21.5 Å². The standard InChI is InChI=1S/C17H18N4O3/c18-10-15(22)20-14-8-6-13(7-9-14)16(19)21-17(23)24-11-12-4-2-1-3-5-12/h1-9H,10-11,18H2,(H,20,22)(H2,19,21,23). The summed E-state index contributed by atoms with van der Waals surface area (Å²) >= 11 is 0. The molecule has 0 radical (unpaired) electrons. The highest BCUT2D eigenvalue weighted by atomic mass is 16.5. The molecule has 0 bridgehead atoms. The Hall–Kier alpha value is -3.19. The van der Waals surface area contributed by atoms with Crippen LogP contribution in [0.1, 0.15) is 11.1 Å². The number of ether oxygens (including phenoxy) is 1. The first-order chi connectivity index (χ1) is 11.6. The Morgan fingerprint density at radius 1 is 1.04 bits per heavy atom. The molecular weight excluding hydrogens is 308 g/mol. The predicted octanol–water partition coefficient (Wildman–Crippen LogP) is 1.63. The van der Waals surface area contributed by atoms with Crippen molar-refractivity contribution in [1.29, 1.82) is 0 Å². The second-order valence-corrected chi connectivity index (χ2v) is 4.87. The van der Waals surface area contributed by atoms with Gasteiger partial charge in [-0.2, -0.15) is 4.99 Å². The molecule has 0 aliphatic rings. The lowest BCUT2D eigenvalue weighted by Gasteiger charge is -2.05. The Morgan fingerprint density at radius 2 is 1.71 bits per heavy atom. The molecule has 7 heteroatoms. The van der Waals surface area contributed by atoms with Crippen LogP contribution in [-0.4, -0.2) is 24.4 Å². The first-order valence-corrected chi connectivity index (χ1v) is 7.23. The summed E-state index contributed by atoms with van der Waals surface area (Å²) in [6, 6.07) is 15.8. The van der Waals surface area contributed by atoms with Gasteiger partial charge in [0.2, 0.25) is 5.91 Å². The quantitative estimate of drug-likeness (QED) is 0.570. The highest BCUT2D eigenvalue weighted by molar-refractivity contribution is 6.03. The number of hydrogen-bond acceptors (Lipinski definition) is 4. The lowest BCUT2D eigenvalue weighted by Crippen LogP contribution is -2.22. The summed E-state index contributed by atoms with van der Waals surface area (Å²) in [4.78, 5) is 26.6. The number of nitrogens with zero attached hydrogens (tertiary/aromatic N) is 1. The van der Waals surface area contributed by atoms with Crippen LogP contribution < -0.4 is 16.8 Å². The summed E-state index contributed by atoms with van der Waals surface area (Å²) < 4.78 is 5.03. The van der Waals surface area contributed by atoms with Crippen molar-refractivity contribution in [2.45, 2.75) is 6.61 Å². The zero-order valence-corrected chi connectivity index (χ0v) is 12.9. The second kappa shape index (κ2) is 8.44. The maximum atomic E-state index is 11.7. The number of carbonyl (C=O) groups is 2. The van der Waals surface area contributed by atoms with Gasteiger partial charge in [-0.1, -0.05) is 30.3 Å². The van der Waals surface area contributed by atoms with Gasteiger partial charge in [0.25, 0.3) is 0 Å². The molecule has 0 aliphatic heterocycles. The number of amides is 2. The zero-order chi connectivity index (χ0) is 17.4. The van der Waals surface area contributed by atoms with E-state index in [1.807, 2.05) is 30.3 Å². The largest absolute Gasteiger partial charge is 0.443 e. The van der Waals surface area contributed by atoms with Crippen LogP contribution in [0.15, 0.2) is 59.6 Å². The summed E-state index contributed by atoms with van der Waals surface area (Å²) in [5, 5.41) is 2.60. The third-order valence-electron chi connectivity index (χ3n) is 3.07. The summed E-state index contributed by atoms with van der Waals surface area (Å²) in [5.74, 6) is -0.265. The number of rotatable bonds is 5. The molecule has 0 unspecified atom stereocenters. The molecule has 0 aliphatic carbocycles. The van der Waals surface area contributed by atoms with Gasteiger partial charge in [-0.3, -0.25) is 4.79 Å². The van der Waals surface area contributed by atoms with Crippen LogP contribution in [0.2, 0.25) is 0 Å². The highest BCUT2D eigenvalue weighted by Gasteiger charge is 2.06. The van der Waals surface area contributed by atoms with Crippen LogP contribution >= 0.6 is 0 Å². The third-order valence-corrected chi connectivity index (χ3v) is 3.07. The molecule has 2 aromatic rings. The fourth-order valence-corrected chi connectivity index (χ4v) is 1.85. The molecule has 24 heavy (non-hydrogen) atoms. The summed E-state index contributed by atoms with van der Waals surface area (Å²) in [6.45, 7) is 0.0269. The van der Waals surface area contributed by atoms with Crippen LogP contribution in [0.4, 0.5) is 10.5 Å². The Bertz CT molecular complexity index is 727. The number of aliphatic imine (C=N–C) groups is 1. The topological polar surface area (TPSA) is 120 Å². The molecule has 124 valence electrons. The number of carbonyl (C=O) groups excluding carboxylic acids is 2. The van der Waals surface area contributed by atoms with E-state index < -0.39 is 6.09 Å². The molecule has 0 saturated carbocycles. The van der Waals surface area contributed by atoms with E-state index in [2.05, 4.69) is 10.3 Å². The van der Waals surface area contributed by atoms with Gasteiger partial charge in [-0.15, -0.1) is 0 Å². The Kier molecular flexibility index (Phi) is 6.04. The van der Waals surface area contributed by atoms with Crippen LogP contribution in [0, 0.1) is 0 Å². The Balaban J connectivity index is 1.94. The smallest absolute Gasteiger partial charge is 0.435 e. The average Bonchev–Trinajstić information content (AvgIpc) is 2.61. The number of nitrogens with two attached hydrogens (primary N) is 2. The molecule has 0 heterocycles. The van der Waals surface area contributed by atoms with Crippen molar-refractivity contribution in [3.05, 3.63) is 65.7 Å². The van der Waals surface area contributed by atoms with Crippen molar-refractivity contribution in [3.63, 3.8) is 0 Å². The molecular formula is C17H18N4O3. The van der Waals surface area contributed by atoms with E-state index in [-0.39, 0.29) is 24.9 Å². The van der Waals surface area contributed by atoms with Crippen molar-refractivity contribution in [2.24, 2.45) is 16.5 Å². The first-order valence-electron chi connectivity index (χ1n) is 7.23. The van der Waals surface area contributed by atoms with Crippen molar-refractivity contribution in [2.75, 3.05) is 11.9 Å². The molecule has 0 aromatic heterocycles. The van der Waals surface area contributed by atoms with Crippen LogP contribution in [0.5, 0.6) is 0 Å². The number of hydrogen-bond donors (Lipinski definition) is 3. The predicted molar refractivity (Wildman–Crippen MR) is 91.5 cm³/mol. The molecule has 0 atom stereocenters. The fraction of sp³-hybridized carbons (Fsp3) is 0.118. The van der Waals surface area contributed by atoms with E-state index in [9.17, 15) is 9.59 Å². The van der Waals surface area contributed by atoms with E-state index in [0.29, 0.717) is 11.3 Å². The van der Waals surface area contributed by atoms with E-state index in [1.165, 1.54) is 0 Å². The molecule has 0 fully saturated rings. The SMILES string of the molecule is NCC(=O)Nc1ccc(/C(N)=N\C(=O)OCc2ccccc2)cc1. The van der Waals surface area contributed by atoms with Crippen LogP contribution in [-0.2, 0) is 16.1 Å².